The van der Waals surface area contributed by atoms with Crippen molar-refractivity contribution in [1.82, 2.24) is 9.91 Å². The molecule has 0 spiro atoms. The quantitative estimate of drug-likeness (QED) is 0.641. The Kier molecular flexibility index (Phi) is 6.96. The van der Waals surface area contributed by atoms with Gasteiger partial charge in [0, 0.05) is 32.7 Å². The molecule has 0 atom stereocenters. The first-order valence-electron chi connectivity index (χ1n) is 9.58. The molecular formula is C23H26ClN3O2. The number of phenols is 1. The van der Waals surface area contributed by atoms with E-state index in [0.29, 0.717) is 5.75 Å². The summed E-state index contributed by atoms with van der Waals surface area (Å²) < 4.78 is 5.15. The Morgan fingerprint density at radius 3 is 2.55 bits per heavy atom. The van der Waals surface area contributed by atoms with Gasteiger partial charge in [0.15, 0.2) is 11.5 Å². The SMILES string of the molecule is COc1cc(C=NN2CCN(Cc3cccc4ccccc34)CC2)ccc1O.Cl. The zero-order valence-corrected chi connectivity index (χ0v) is 17.3. The lowest BCUT2D eigenvalue weighted by atomic mass is 10.0. The summed E-state index contributed by atoms with van der Waals surface area (Å²) in [5.41, 5.74) is 2.29. The fourth-order valence-corrected chi connectivity index (χ4v) is 3.61. The lowest BCUT2D eigenvalue weighted by molar-refractivity contribution is 0.131. The molecule has 0 radical (unpaired) electrons. The van der Waals surface area contributed by atoms with Crippen LogP contribution in [0.25, 0.3) is 10.8 Å². The third-order valence-electron chi connectivity index (χ3n) is 5.20. The monoisotopic (exact) mass is 411 g/mol. The molecule has 4 rings (SSSR count). The smallest absolute Gasteiger partial charge is 0.161 e. The predicted octanol–water partition coefficient (Wildman–Crippen LogP) is 4.13. The molecule has 1 heterocycles. The maximum atomic E-state index is 9.68. The summed E-state index contributed by atoms with van der Waals surface area (Å²) in [5, 5.41) is 19.0. The van der Waals surface area contributed by atoms with Gasteiger partial charge in [-0.25, -0.2) is 0 Å². The van der Waals surface area contributed by atoms with E-state index in [-0.39, 0.29) is 18.2 Å². The maximum absolute atomic E-state index is 9.68. The maximum Gasteiger partial charge on any atom is 0.161 e. The van der Waals surface area contributed by atoms with Gasteiger partial charge in [0.2, 0.25) is 0 Å². The number of hydrazone groups is 1. The Labute approximate surface area is 177 Å². The number of ether oxygens (including phenoxy) is 1. The molecule has 1 fully saturated rings. The normalized spacial score (nSPS) is 14.9. The molecule has 1 aliphatic rings. The van der Waals surface area contributed by atoms with Crippen molar-refractivity contribution in [3.63, 3.8) is 0 Å². The number of halogens is 1. The van der Waals surface area contributed by atoms with E-state index in [1.54, 1.807) is 19.2 Å². The molecule has 0 aromatic heterocycles. The van der Waals surface area contributed by atoms with Crippen molar-refractivity contribution in [3.8, 4) is 11.5 Å². The van der Waals surface area contributed by atoms with Gasteiger partial charge in [0.1, 0.15) is 0 Å². The van der Waals surface area contributed by atoms with Gasteiger partial charge in [-0.3, -0.25) is 9.91 Å². The fraction of sp³-hybridized carbons (Fsp3) is 0.261. The predicted molar refractivity (Wildman–Crippen MR) is 120 cm³/mol. The van der Waals surface area contributed by atoms with Gasteiger partial charge in [-0.1, -0.05) is 42.5 Å². The minimum Gasteiger partial charge on any atom is -0.504 e. The van der Waals surface area contributed by atoms with Crippen LogP contribution < -0.4 is 4.74 Å². The minimum absolute atomic E-state index is 0. The van der Waals surface area contributed by atoms with E-state index >= 15 is 0 Å². The van der Waals surface area contributed by atoms with E-state index in [2.05, 4.69) is 57.5 Å². The first-order chi connectivity index (χ1) is 13.7. The first kappa shape index (κ1) is 21.0. The summed E-state index contributed by atoms with van der Waals surface area (Å²) in [6.07, 6.45) is 1.82. The zero-order chi connectivity index (χ0) is 19.3. The molecule has 0 bridgehead atoms. The van der Waals surface area contributed by atoms with Gasteiger partial charge < -0.3 is 9.84 Å². The summed E-state index contributed by atoms with van der Waals surface area (Å²) >= 11 is 0. The van der Waals surface area contributed by atoms with Crippen LogP contribution in [0.5, 0.6) is 11.5 Å². The average molecular weight is 412 g/mol. The van der Waals surface area contributed by atoms with Crippen LogP contribution in [0.4, 0.5) is 0 Å². The summed E-state index contributed by atoms with van der Waals surface area (Å²) in [4.78, 5) is 2.48. The van der Waals surface area contributed by atoms with Crippen LogP contribution in [0, 0.1) is 0 Å². The Morgan fingerprint density at radius 1 is 1.00 bits per heavy atom. The molecule has 5 nitrogen and oxygen atoms in total. The van der Waals surface area contributed by atoms with Crippen molar-refractivity contribution in [1.29, 1.82) is 0 Å². The highest BCUT2D eigenvalue weighted by molar-refractivity contribution is 5.86. The first-order valence-corrected chi connectivity index (χ1v) is 9.58. The molecule has 1 N–H and O–H groups in total. The molecular weight excluding hydrogens is 386 g/mol. The molecule has 0 amide bonds. The molecule has 0 saturated carbocycles. The van der Waals surface area contributed by atoms with Crippen LogP contribution in [-0.4, -0.2) is 54.5 Å². The summed E-state index contributed by atoms with van der Waals surface area (Å²) in [6, 6.07) is 20.4. The number of fused-ring (bicyclic) bond motifs is 1. The Balaban J connectivity index is 0.00000240. The zero-order valence-electron chi connectivity index (χ0n) is 16.5. The van der Waals surface area contributed by atoms with E-state index in [1.165, 1.54) is 16.3 Å². The average Bonchev–Trinajstić information content (AvgIpc) is 2.74. The molecule has 29 heavy (non-hydrogen) atoms. The molecule has 1 aliphatic heterocycles. The summed E-state index contributed by atoms with van der Waals surface area (Å²) in [6.45, 7) is 4.74. The van der Waals surface area contributed by atoms with Gasteiger partial charge in [0.25, 0.3) is 0 Å². The third-order valence-corrected chi connectivity index (χ3v) is 5.20. The van der Waals surface area contributed by atoms with E-state index < -0.39 is 0 Å². The molecule has 0 aliphatic carbocycles. The number of rotatable bonds is 5. The summed E-state index contributed by atoms with van der Waals surface area (Å²) in [5.74, 6) is 0.602. The van der Waals surface area contributed by atoms with Gasteiger partial charge in [-0.2, -0.15) is 5.10 Å². The summed E-state index contributed by atoms with van der Waals surface area (Å²) in [7, 11) is 1.55. The van der Waals surface area contributed by atoms with Crippen LogP contribution in [0.1, 0.15) is 11.1 Å². The standard InChI is InChI=1S/C23H25N3O2.ClH/c1-28-23-15-18(9-10-22(23)27)16-24-26-13-11-25(12-14-26)17-20-7-4-6-19-5-2-3-8-21(19)20;/h2-10,15-16,27H,11-14,17H2,1H3;1H. The Hall–Kier alpha value is -2.76. The van der Waals surface area contributed by atoms with Gasteiger partial charge in [0.05, 0.1) is 13.3 Å². The lowest BCUT2D eigenvalue weighted by Gasteiger charge is -2.33. The van der Waals surface area contributed by atoms with E-state index in [4.69, 9.17) is 4.74 Å². The van der Waals surface area contributed by atoms with Gasteiger partial charge >= 0.3 is 0 Å². The largest absolute Gasteiger partial charge is 0.504 e. The minimum atomic E-state index is 0. The number of phenolic OH excluding ortho intramolecular Hbond substituents is 1. The number of hydrogen-bond donors (Lipinski definition) is 1. The van der Waals surface area contributed by atoms with Crippen molar-refractivity contribution in [2.24, 2.45) is 5.10 Å². The third kappa shape index (κ3) is 5.00. The second-order valence-electron chi connectivity index (χ2n) is 7.04. The molecule has 6 heteroatoms. The highest BCUT2D eigenvalue weighted by atomic mass is 35.5. The number of nitrogens with zero attached hydrogens (tertiary/aromatic N) is 3. The number of benzene rings is 3. The molecule has 3 aromatic rings. The van der Waals surface area contributed by atoms with E-state index in [1.807, 2.05) is 12.3 Å². The molecule has 152 valence electrons. The lowest BCUT2D eigenvalue weighted by Crippen LogP contribution is -2.43. The Bertz CT molecular complexity index is 980. The van der Waals surface area contributed by atoms with Crippen LogP contribution in [-0.2, 0) is 6.54 Å². The topological polar surface area (TPSA) is 48.3 Å². The number of aromatic hydroxyl groups is 1. The number of methoxy groups -OCH3 is 1. The van der Waals surface area contributed by atoms with E-state index in [9.17, 15) is 5.11 Å². The van der Waals surface area contributed by atoms with Crippen molar-refractivity contribution in [2.75, 3.05) is 33.3 Å². The van der Waals surface area contributed by atoms with Crippen molar-refractivity contribution in [3.05, 3.63) is 71.8 Å². The molecule has 3 aromatic carbocycles. The van der Waals surface area contributed by atoms with Gasteiger partial charge in [-0.15, -0.1) is 12.4 Å². The number of hydrogen-bond acceptors (Lipinski definition) is 5. The highest BCUT2D eigenvalue weighted by Crippen LogP contribution is 2.25. The fourth-order valence-electron chi connectivity index (χ4n) is 3.61. The van der Waals surface area contributed by atoms with Crippen LogP contribution in [0.3, 0.4) is 0 Å². The van der Waals surface area contributed by atoms with Crippen LogP contribution in [0.15, 0.2) is 65.8 Å². The van der Waals surface area contributed by atoms with E-state index in [0.717, 1.165) is 38.3 Å². The molecule has 0 unspecified atom stereocenters. The highest BCUT2D eigenvalue weighted by Gasteiger charge is 2.16. The van der Waals surface area contributed by atoms with Crippen LogP contribution >= 0.6 is 12.4 Å². The second-order valence-corrected chi connectivity index (χ2v) is 7.04. The van der Waals surface area contributed by atoms with Crippen molar-refractivity contribution in [2.45, 2.75) is 6.54 Å². The van der Waals surface area contributed by atoms with Gasteiger partial charge in [-0.05, 0) is 40.1 Å². The van der Waals surface area contributed by atoms with Crippen molar-refractivity contribution >= 4 is 29.4 Å². The van der Waals surface area contributed by atoms with Crippen molar-refractivity contribution < 1.29 is 9.84 Å². The molecule has 1 saturated heterocycles. The number of piperazine rings is 1. The Morgan fingerprint density at radius 2 is 1.76 bits per heavy atom. The van der Waals surface area contributed by atoms with Crippen LogP contribution in [0.2, 0.25) is 0 Å². The second kappa shape index (κ2) is 9.63.